The summed E-state index contributed by atoms with van der Waals surface area (Å²) in [4.78, 5) is 49.4. The van der Waals surface area contributed by atoms with Crippen molar-refractivity contribution in [3.05, 3.63) is 58.7 Å². The van der Waals surface area contributed by atoms with Gasteiger partial charge >= 0.3 is 5.97 Å². The number of nitrogens with two attached hydrogens (primary N) is 1. The fourth-order valence-electron chi connectivity index (χ4n) is 4.65. The van der Waals surface area contributed by atoms with E-state index < -0.39 is 35.3 Å². The van der Waals surface area contributed by atoms with Crippen molar-refractivity contribution >= 4 is 29.3 Å². The molecule has 1 unspecified atom stereocenters. The van der Waals surface area contributed by atoms with E-state index in [2.05, 4.69) is 10.5 Å². The molecule has 4 N–H and O–H groups in total. The number of ether oxygens (including phenoxy) is 1. The van der Waals surface area contributed by atoms with Crippen LogP contribution in [0, 0.1) is 17.6 Å². The van der Waals surface area contributed by atoms with Crippen LogP contribution in [0.4, 0.5) is 14.5 Å². The van der Waals surface area contributed by atoms with Crippen LogP contribution >= 0.6 is 0 Å². The van der Waals surface area contributed by atoms with Crippen LogP contribution in [0.15, 0.2) is 35.3 Å². The van der Waals surface area contributed by atoms with Gasteiger partial charge in [0.25, 0.3) is 0 Å². The quantitative estimate of drug-likeness (QED) is 0.279. The number of nitrogen functional groups attached to an aromatic ring is 1. The van der Waals surface area contributed by atoms with E-state index in [0.29, 0.717) is 18.6 Å². The third kappa shape index (κ3) is 7.32. The van der Waals surface area contributed by atoms with Crippen molar-refractivity contribution in [1.29, 1.82) is 0 Å². The molecule has 10 nitrogen and oxygen atoms in total. The van der Waals surface area contributed by atoms with E-state index in [1.807, 2.05) is 6.92 Å². The summed E-state index contributed by atoms with van der Waals surface area (Å²) in [6.45, 7) is 3.83. The van der Waals surface area contributed by atoms with E-state index >= 15 is 0 Å². The Morgan fingerprint density at radius 1 is 1.23 bits per heavy atom. The summed E-state index contributed by atoms with van der Waals surface area (Å²) in [7, 11) is 1.31. The number of aliphatic imine (C=N–C) groups is 1. The molecule has 0 fully saturated rings. The molecule has 0 spiro atoms. The van der Waals surface area contributed by atoms with Gasteiger partial charge in [0.1, 0.15) is 11.6 Å². The zero-order valence-electron chi connectivity index (χ0n) is 22.7. The number of carboxylic acid groups (broad SMARTS) is 1. The molecule has 0 saturated heterocycles. The Labute approximate surface area is 231 Å². The van der Waals surface area contributed by atoms with Gasteiger partial charge in [0.2, 0.25) is 11.8 Å². The minimum absolute atomic E-state index is 0.0221. The summed E-state index contributed by atoms with van der Waals surface area (Å²) in [6, 6.07) is 6.46. The number of hydrogen-bond donors (Lipinski definition) is 3. The Hall–Kier alpha value is -4.06. The lowest BCUT2D eigenvalue weighted by molar-refractivity contribution is -0.146. The Morgan fingerprint density at radius 3 is 2.58 bits per heavy atom. The molecule has 2 aromatic rings. The van der Waals surface area contributed by atoms with Crippen molar-refractivity contribution in [3.8, 4) is 5.75 Å². The number of rotatable bonds is 11. The van der Waals surface area contributed by atoms with E-state index in [9.17, 15) is 28.3 Å². The number of hydrogen-bond acceptors (Lipinski definition) is 8. The smallest absolute Gasteiger partial charge is 0.337 e. The molecule has 0 radical (unpaired) electrons. The van der Waals surface area contributed by atoms with E-state index in [4.69, 9.17) is 15.3 Å². The van der Waals surface area contributed by atoms with Gasteiger partial charge in [-0.25, -0.2) is 13.6 Å². The van der Waals surface area contributed by atoms with Crippen molar-refractivity contribution < 1.29 is 37.8 Å². The Bertz CT molecular complexity index is 1290. The molecule has 0 aliphatic carbocycles. The van der Waals surface area contributed by atoms with E-state index in [0.717, 1.165) is 23.5 Å². The van der Waals surface area contributed by atoms with Crippen LogP contribution in [0.1, 0.15) is 60.5 Å². The summed E-state index contributed by atoms with van der Waals surface area (Å²) in [5, 5.41) is 9.30. The number of nitrogens with zero attached hydrogens (tertiary/aromatic N) is 2. The molecule has 2 atom stereocenters. The van der Waals surface area contributed by atoms with Crippen LogP contribution < -0.4 is 16.0 Å². The molecular formula is C28H34F2N4O6. The molecular weight excluding hydrogens is 526 g/mol. The highest BCUT2D eigenvalue weighted by atomic mass is 19.2. The number of amides is 2. The number of imide groups is 1. The van der Waals surface area contributed by atoms with Crippen molar-refractivity contribution in [1.82, 2.24) is 10.4 Å². The summed E-state index contributed by atoms with van der Waals surface area (Å²) in [5.41, 5.74) is 9.61. The molecule has 3 rings (SSSR count). The molecule has 1 aliphatic heterocycles. The van der Waals surface area contributed by atoms with Crippen LogP contribution in [-0.2, 0) is 20.8 Å². The zero-order chi connectivity index (χ0) is 29.4. The minimum atomic E-state index is -1.15. The number of amidine groups is 1. The third-order valence-corrected chi connectivity index (χ3v) is 6.69. The van der Waals surface area contributed by atoms with E-state index in [-0.39, 0.29) is 60.2 Å². The summed E-state index contributed by atoms with van der Waals surface area (Å²) < 4.78 is 33.0. The van der Waals surface area contributed by atoms with Crippen molar-refractivity contribution in [3.63, 3.8) is 0 Å². The first-order chi connectivity index (χ1) is 19.1. The number of aromatic carboxylic acids is 1. The fourth-order valence-corrected chi connectivity index (χ4v) is 4.65. The molecule has 0 aromatic heterocycles. The molecule has 2 aromatic carbocycles. The largest absolute Gasteiger partial charge is 0.496 e. The number of hydroxylamine groups is 1. The van der Waals surface area contributed by atoms with Gasteiger partial charge in [0.05, 0.1) is 38.3 Å². The molecule has 1 heterocycles. The van der Waals surface area contributed by atoms with Gasteiger partial charge in [-0.3, -0.25) is 29.8 Å². The lowest BCUT2D eigenvalue weighted by Gasteiger charge is -2.26. The number of carbonyl (C=O) groups is 3. The molecule has 216 valence electrons. The number of benzene rings is 2. The van der Waals surface area contributed by atoms with E-state index in [1.165, 1.54) is 13.2 Å². The minimum Gasteiger partial charge on any atom is -0.496 e. The molecule has 40 heavy (non-hydrogen) atoms. The predicted octanol–water partition coefficient (Wildman–Crippen LogP) is 3.69. The van der Waals surface area contributed by atoms with Crippen molar-refractivity contribution in [2.24, 2.45) is 10.9 Å². The standard InChI is InChI=1S/C28H34F2N4O6/c1-4-6-16(17-7-8-20(28(37)38)23(31)11-17)12-26(35)34-15-25(33-40-5-2)32-14-19(27(34)36)9-18-10-21(29)22(30)13-24(18)39-3/h7-8,10-11,13,16,19H,4-6,9,12,14-15,31H2,1-3H3,(H,32,33)(H,37,38)/t16-,19?/m0/s1. The predicted molar refractivity (Wildman–Crippen MR) is 144 cm³/mol. The number of methoxy groups -OCH3 is 1. The number of nitrogens with one attached hydrogen (secondary N) is 1. The first kappa shape index (κ1) is 30.5. The van der Waals surface area contributed by atoms with Gasteiger partial charge in [-0.15, -0.1) is 0 Å². The highest BCUT2D eigenvalue weighted by molar-refractivity contribution is 6.02. The molecule has 2 amide bonds. The normalized spacial score (nSPS) is 16.2. The maximum absolute atomic E-state index is 14.0. The van der Waals surface area contributed by atoms with Gasteiger partial charge < -0.3 is 15.6 Å². The van der Waals surface area contributed by atoms with Crippen LogP contribution in [0.3, 0.4) is 0 Å². The van der Waals surface area contributed by atoms with Crippen LogP contribution in [-0.4, -0.2) is 60.4 Å². The summed E-state index contributed by atoms with van der Waals surface area (Å²) >= 11 is 0. The third-order valence-electron chi connectivity index (χ3n) is 6.69. The highest BCUT2D eigenvalue weighted by Crippen LogP contribution is 2.30. The van der Waals surface area contributed by atoms with Gasteiger partial charge in [0, 0.05) is 18.2 Å². The highest BCUT2D eigenvalue weighted by Gasteiger charge is 2.34. The van der Waals surface area contributed by atoms with Gasteiger partial charge in [-0.2, -0.15) is 0 Å². The summed E-state index contributed by atoms with van der Waals surface area (Å²) in [6.07, 6.45) is 1.23. The van der Waals surface area contributed by atoms with Crippen LogP contribution in [0.2, 0.25) is 0 Å². The zero-order valence-corrected chi connectivity index (χ0v) is 22.7. The topological polar surface area (TPSA) is 144 Å². The van der Waals surface area contributed by atoms with Gasteiger partial charge in [0.15, 0.2) is 11.6 Å². The molecule has 0 saturated carbocycles. The average molecular weight is 561 g/mol. The lowest BCUT2D eigenvalue weighted by Crippen LogP contribution is -2.45. The molecule has 0 bridgehead atoms. The second-order valence-corrected chi connectivity index (χ2v) is 9.46. The fraction of sp³-hybridized carbons (Fsp3) is 0.429. The number of carboxylic acids is 1. The van der Waals surface area contributed by atoms with E-state index in [1.54, 1.807) is 19.1 Å². The number of anilines is 1. The Kier molecular flexibility index (Phi) is 10.5. The second-order valence-electron chi connectivity index (χ2n) is 9.46. The maximum atomic E-state index is 14.0. The SMILES string of the molecule is CCC[C@@H](CC(=O)N1CC(NOCC)=NCC(Cc2cc(F)c(F)cc2OC)C1=O)c1ccc(C(=O)O)c(N)c1. The first-order valence-corrected chi connectivity index (χ1v) is 13.0. The average Bonchev–Trinajstić information content (AvgIpc) is 3.07. The van der Waals surface area contributed by atoms with Crippen molar-refractivity contribution in [2.45, 2.75) is 45.4 Å². The molecule has 12 heteroatoms. The first-order valence-electron chi connectivity index (χ1n) is 13.0. The number of carbonyl (C=O) groups excluding carboxylic acids is 2. The van der Waals surface area contributed by atoms with Crippen molar-refractivity contribution in [2.75, 3.05) is 32.5 Å². The van der Waals surface area contributed by atoms with Gasteiger partial charge in [-0.1, -0.05) is 19.4 Å². The maximum Gasteiger partial charge on any atom is 0.337 e. The second kappa shape index (κ2) is 13.8. The number of halogens is 2. The Morgan fingerprint density at radius 2 is 1.95 bits per heavy atom. The lowest BCUT2D eigenvalue weighted by atomic mass is 9.89. The molecule has 1 aliphatic rings. The van der Waals surface area contributed by atoms with Gasteiger partial charge in [-0.05, 0) is 55.0 Å². The summed E-state index contributed by atoms with van der Waals surface area (Å²) in [5.74, 6) is -5.15. The van der Waals surface area contributed by atoms with Crippen LogP contribution in [0.5, 0.6) is 5.75 Å². The van der Waals surface area contributed by atoms with Crippen LogP contribution in [0.25, 0.3) is 0 Å². The Balaban J connectivity index is 1.90. The monoisotopic (exact) mass is 560 g/mol.